The SMILES string of the molecule is Nc1ccc(NCc2ccc(CO)cc2)cc1N. The Balaban J connectivity index is 1.99. The molecule has 0 spiro atoms. The maximum atomic E-state index is 8.95. The molecular weight excluding hydrogens is 226 g/mol. The summed E-state index contributed by atoms with van der Waals surface area (Å²) in [5.41, 5.74) is 15.5. The topological polar surface area (TPSA) is 84.3 Å². The van der Waals surface area contributed by atoms with Gasteiger partial charge in [-0.2, -0.15) is 0 Å². The molecule has 2 rings (SSSR count). The zero-order chi connectivity index (χ0) is 13.0. The van der Waals surface area contributed by atoms with Gasteiger partial charge in [0.15, 0.2) is 0 Å². The molecule has 6 N–H and O–H groups in total. The van der Waals surface area contributed by atoms with E-state index >= 15 is 0 Å². The highest BCUT2D eigenvalue weighted by Gasteiger charge is 1.98. The first-order valence-corrected chi connectivity index (χ1v) is 5.76. The van der Waals surface area contributed by atoms with Gasteiger partial charge in [0.25, 0.3) is 0 Å². The number of nitrogen functional groups attached to an aromatic ring is 2. The van der Waals surface area contributed by atoms with Crippen LogP contribution in [-0.4, -0.2) is 5.11 Å². The van der Waals surface area contributed by atoms with Gasteiger partial charge < -0.3 is 21.9 Å². The number of aliphatic hydroxyl groups is 1. The van der Waals surface area contributed by atoms with Crippen molar-refractivity contribution in [2.45, 2.75) is 13.2 Å². The molecule has 0 amide bonds. The van der Waals surface area contributed by atoms with E-state index in [9.17, 15) is 0 Å². The molecule has 18 heavy (non-hydrogen) atoms. The summed E-state index contributed by atoms with van der Waals surface area (Å²) >= 11 is 0. The van der Waals surface area contributed by atoms with Crippen LogP contribution in [0, 0.1) is 0 Å². The van der Waals surface area contributed by atoms with Gasteiger partial charge in [0.1, 0.15) is 0 Å². The van der Waals surface area contributed by atoms with Crippen molar-refractivity contribution in [1.29, 1.82) is 0 Å². The normalized spacial score (nSPS) is 10.3. The lowest BCUT2D eigenvalue weighted by Crippen LogP contribution is -2.01. The van der Waals surface area contributed by atoms with Crippen LogP contribution in [0.1, 0.15) is 11.1 Å². The first-order chi connectivity index (χ1) is 8.69. The van der Waals surface area contributed by atoms with E-state index in [1.54, 1.807) is 6.07 Å². The molecule has 0 aliphatic rings. The van der Waals surface area contributed by atoms with Crippen LogP contribution in [0.5, 0.6) is 0 Å². The molecule has 0 radical (unpaired) electrons. The van der Waals surface area contributed by atoms with Crippen molar-refractivity contribution >= 4 is 17.1 Å². The van der Waals surface area contributed by atoms with Gasteiger partial charge in [0, 0.05) is 12.2 Å². The van der Waals surface area contributed by atoms with Crippen molar-refractivity contribution in [2.24, 2.45) is 0 Å². The Morgan fingerprint density at radius 2 is 1.56 bits per heavy atom. The van der Waals surface area contributed by atoms with Crippen LogP contribution in [0.3, 0.4) is 0 Å². The Hall–Kier alpha value is -2.20. The van der Waals surface area contributed by atoms with Crippen molar-refractivity contribution in [1.82, 2.24) is 0 Å². The van der Waals surface area contributed by atoms with E-state index < -0.39 is 0 Å². The second-order valence-corrected chi connectivity index (χ2v) is 4.17. The Morgan fingerprint density at radius 3 is 2.17 bits per heavy atom. The fraction of sp³-hybridized carbons (Fsp3) is 0.143. The Morgan fingerprint density at radius 1 is 0.889 bits per heavy atom. The summed E-state index contributed by atoms with van der Waals surface area (Å²) in [6.07, 6.45) is 0. The summed E-state index contributed by atoms with van der Waals surface area (Å²) < 4.78 is 0. The predicted molar refractivity (Wildman–Crippen MR) is 75.0 cm³/mol. The second-order valence-electron chi connectivity index (χ2n) is 4.17. The van der Waals surface area contributed by atoms with E-state index in [1.807, 2.05) is 36.4 Å². The third-order valence-electron chi connectivity index (χ3n) is 2.79. The Labute approximate surface area is 106 Å². The molecular formula is C14H17N3O. The maximum absolute atomic E-state index is 8.95. The summed E-state index contributed by atoms with van der Waals surface area (Å²) in [5.74, 6) is 0. The fourth-order valence-corrected chi connectivity index (χ4v) is 1.65. The number of nitrogens with one attached hydrogen (secondary N) is 1. The minimum atomic E-state index is 0.0716. The molecule has 94 valence electrons. The van der Waals surface area contributed by atoms with E-state index in [-0.39, 0.29) is 6.61 Å². The molecule has 0 saturated carbocycles. The predicted octanol–water partition coefficient (Wildman–Crippen LogP) is 1.96. The van der Waals surface area contributed by atoms with Crippen molar-refractivity contribution < 1.29 is 5.11 Å². The molecule has 2 aromatic rings. The average Bonchev–Trinajstić information content (AvgIpc) is 2.41. The molecule has 4 heteroatoms. The highest BCUT2D eigenvalue weighted by Crippen LogP contribution is 2.20. The molecule has 0 atom stereocenters. The van der Waals surface area contributed by atoms with Gasteiger partial charge in [-0.3, -0.25) is 0 Å². The monoisotopic (exact) mass is 243 g/mol. The van der Waals surface area contributed by atoms with Gasteiger partial charge in [-0.05, 0) is 29.3 Å². The quantitative estimate of drug-likeness (QED) is 0.618. The largest absolute Gasteiger partial charge is 0.397 e. The van der Waals surface area contributed by atoms with Crippen molar-refractivity contribution in [3.63, 3.8) is 0 Å². The summed E-state index contributed by atoms with van der Waals surface area (Å²) in [7, 11) is 0. The van der Waals surface area contributed by atoms with Crippen LogP contribution in [0.2, 0.25) is 0 Å². The zero-order valence-corrected chi connectivity index (χ0v) is 10.1. The molecule has 0 aliphatic carbocycles. The number of benzene rings is 2. The summed E-state index contributed by atoms with van der Waals surface area (Å²) in [4.78, 5) is 0. The van der Waals surface area contributed by atoms with Crippen LogP contribution in [0.25, 0.3) is 0 Å². The third-order valence-corrected chi connectivity index (χ3v) is 2.79. The van der Waals surface area contributed by atoms with E-state index in [0.29, 0.717) is 17.9 Å². The number of rotatable bonds is 4. The minimum Gasteiger partial charge on any atom is -0.397 e. The van der Waals surface area contributed by atoms with Crippen LogP contribution in [0.15, 0.2) is 42.5 Å². The van der Waals surface area contributed by atoms with Crippen LogP contribution >= 0.6 is 0 Å². The van der Waals surface area contributed by atoms with E-state index in [2.05, 4.69) is 5.32 Å². The lowest BCUT2D eigenvalue weighted by Gasteiger charge is -2.09. The average molecular weight is 243 g/mol. The van der Waals surface area contributed by atoms with Gasteiger partial charge in [-0.1, -0.05) is 24.3 Å². The Bertz CT molecular complexity index is 523. The summed E-state index contributed by atoms with van der Waals surface area (Å²) in [6.45, 7) is 0.775. The fourth-order valence-electron chi connectivity index (χ4n) is 1.65. The van der Waals surface area contributed by atoms with Crippen molar-refractivity contribution in [3.8, 4) is 0 Å². The standard InChI is InChI=1S/C14H17N3O/c15-13-6-5-12(7-14(13)16)17-8-10-1-3-11(9-18)4-2-10/h1-7,17-18H,8-9,15-16H2. The molecule has 0 saturated heterocycles. The second kappa shape index (κ2) is 5.42. The lowest BCUT2D eigenvalue weighted by molar-refractivity contribution is 0.282. The van der Waals surface area contributed by atoms with Gasteiger partial charge in [-0.25, -0.2) is 0 Å². The van der Waals surface area contributed by atoms with E-state index in [1.165, 1.54) is 0 Å². The van der Waals surface area contributed by atoms with Gasteiger partial charge >= 0.3 is 0 Å². The first-order valence-electron chi connectivity index (χ1n) is 5.76. The van der Waals surface area contributed by atoms with Gasteiger partial charge in [-0.15, -0.1) is 0 Å². The number of hydrogen-bond donors (Lipinski definition) is 4. The zero-order valence-electron chi connectivity index (χ0n) is 10.1. The van der Waals surface area contributed by atoms with Gasteiger partial charge in [0.2, 0.25) is 0 Å². The number of anilines is 3. The van der Waals surface area contributed by atoms with Crippen molar-refractivity contribution in [3.05, 3.63) is 53.6 Å². The van der Waals surface area contributed by atoms with Crippen LogP contribution in [-0.2, 0) is 13.2 Å². The highest BCUT2D eigenvalue weighted by atomic mass is 16.3. The summed E-state index contributed by atoms with van der Waals surface area (Å²) in [6, 6.07) is 13.3. The van der Waals surface area contributed by atoms with Crippen LogP contribution in [0.4, 0.5) is 17.1 Å². The lowest BCUT2D eigenvalue weighted by atomic mass is 10.1. The minimum absolute atomic E-state index is 0.0716. The van der Waals surface area contributed by atoms with E-state index in [0.717, 1.165) is 16.8 Å². The maximum Gasteiger partial charge on any atom is 0.0681 e. The highest BCUT2D eigenvalue weighted by molar-refractivity contribution is 5.69. The van der Waals surface area contributed by atoms with Crippen molar-refractivity contribution in [2.75, 3.05) is 16.8 Å². The van der Waals surface area contributed by atoms with Gasteiger partial charge in [0.05, 0.1) is 18.0 Å². The smallest absolute Gasteiger partial charge is 0.0681 e. The summed E-state index contributed by atoms with van der Waals surface area (Å²) in [5, 5.41) is 12.2. The molecule has 4 nitrogen and oxygen atoms in total. The third kappa shape index (κ3) is 2.93. The number of hydrogen-bond acceptors (Lipinski definition) is 4. The molecule has 0 heterocycles. The molecule has 0 bridgehead atoms. The molecule has 0 aliphatic heterocycles. The molecule has 0 fully saturated rings. The van der Waals surface area contributed by atoms with Crippen LogP contribution < -0.4 is 16.8 Å². The number of nitrogens with two attached hydrogens (primary N) is 2. The number of aliphatic hydroxyl groups excluding tert-OH is 1. The molecule has 0 unspecified atom stereocenters. The molecule has 0 aromatic heterocycles. The van der Waals surface area contributed by atoms with E-state index in [4.69, 9.17) is 16.6 Å². The Kier molecular flexibility index (Phi) is 3.69. The first kappa shape index (κ1) is 12.3. The molecule has 2 aromatic carbocycles.